The second-order valence-electron chi connectivity index (χ2n) is 3.25. The zero-order valence-electron chi connectivity index (χ0n) is 7.57. The van der Waals surface area contributed by atoms with Crippen LogP contribution in [0.4, 0.5) is 0 Å². The third-order valence-electron chi connectivity index (χ3n) is 2.38. The Kier molecular flexibility index (Phi) is 1.82. The lowest BCUT2D eigenvalue weighted by Crippen LogP contribution is -2.06. The summed E-state index contributed by atoms with van der Waals surface area (Å²) in [6.07, 6.45) is 1.71. The molecule has 0 saturated heterocycles. The molecule has 3 rings (SSSR count). The molecule has 0 fully saturated rings. The number of imidazole rings is 1. The van der Waals surface area contributed by atoms with Crippen LogP contribution < -0.4 is 5.69 Å². The Labute approximate surface area is 98.4 Å². The summed E-state index contributed by atoms with van der Waals surface area (Å²) in [5.41, 5.74) is 2.44. The number of benzene rings is 1. The molecule has 4 nitrogen and oxygen atoms in total. The van der Waals surface area contributed by atoms with Gasteiger partial charge in [0, 0.05) is 5.39 Å². The average molecular weight is 311 g/mol. The molecule has 0 bridgehead atoms. The van der Waals surface area contributed by atoms with Crippen LogP contribution in [0.15, 0.2) is 35.3 Å². The summed E-state index contributed by atoms with van der Waals surface area (Å²) >= 11 is 1.96. The van der Waals surface area contributed by atoms with Gasteiger partial charge in [-0.05, 0) is 6.07 Å². The molecule has 0 radical (unpaired) electrons. The molecule has 0 saturated carbocycles. The Morgan fingerprint density at radius 2 is 2.13 bits per heavy atom. The highest BCUT2D eigenvalue weighted by Gasteiger charge is 2.07. The number of aromatic nitrogens is 3. The lowest BCUT2D eigenvalue weighted by molar-refractivity contribution is 1.19. The van der Waals surface area contributed by atoms with Crippen molar-refractivity contribution in [1.82, 2.24) is 12.7 Å². The summed E-state index contributed by atoms with van der Waals surface area (Å²) in [7, 11) is 0. The Morgan fingerprint density at radius 3 is 3.00 bits per heavy atom. The number of pyridine rings is 1. The zero-order chi connectivity index (χ0) is 10.4. The number of rotatable bonds is 0. The van der Waals surface area contributed by atoms with Gasteiger partial charge in [-0.2, -0.15) is 0 Å². The Balaban J connectivity index is 2.66. The number of nitrogens with zero attached hydrogens (tertiary/aromatic N) is 2. The van der Waals surface area contributed by atoms with E-state index < -0.39 is 0 Å². The SMILES string of the molecule is O=c1[nH]c2c3ccccc3ncc2n1I. The molecule has 0 aliphatic carbocycles. The van der Waals surface area contributed by atoms with E-state index in [0.29, 0.717) is 0 Å². The highest BCUT2D eigenvalue weighted by Crippen LogP contribution is 2.21. The van der Waals surface area contributed by atoms with E-state index in [0.717, 1.165) is 21.9 Å². The molecular weight excluding hydrogens is 305 g/mol. The van der Waals surface area contributed by atoms with Gasteiger partial charge >= 0.3 is 5.69 Å². The van der Waals surface area contributed by atoms with Crippen LogP contribution in [-0.4, -0.2) is 12.7 Å². The second kappa shape index (κ2) is 3.06. The van der Waals surface area contributed by atoms with Crippen LogP contribution in [0, 0.1) is 0 Å². The Bertz CT molecular complexity index is 713. The minimum atomic E-state index is -0.122. The predicted molar refractivity (Wildman–Crippen MR) is 67.3 cm³/mol. The number of H-pyrrole nitrogens is 1. The minimum Gasteiger partial charge on any atom is -0.304 e. The number of fused-ring (bicyclic) bond motifs is 3. The van der Waals surface area contributed by atoms with Crippen molar-refractivity contribution in [3.8, 4) is 0 Å². The van der Waals surface area contributed by atoms with E-state index in [1.165, 1.54) is 2.78 Å². The van der Waals surface area contributed by atoms with Crippen molar-refractivity contribution in [3.63, 3.8) is 0 Å². The summed E-state index contributed by atoms with van der Waals surface area (Å²) in [5, 5.41) is 0.975. The molecule has 0 aliphatic rings. The monoisotopic (exact) mass is 311 g/mol. The lowest BCUT2D eigenvalue weighted by atomic mass is 10.2. The molecule has 5 heteroatoms. The van der Waals surface area contributed by atoms with Crippen molar-refractivity contribution in [3.05, 3.63) is 40.9 Å². The topological polar surface area (TPSA) is 50.7 Å². The van der Waals surface area contributed by atoms with Crippen LogP contribution in [0.5, 0.6) is 0 Å². The summed E-state index contributed by atoms with van der Waals surface area (Å²) in [6.45, 7) is 0. The van der Waals surface area contributed by atoms with Gasteiger partial charge in [-0.3, -0.25) is 4.98 Å². The third kappa shape index (κ3) is 1.19. The Morgan fingerprint density at radius 1 is 1.33 bits per heavy atom. The van der Waals surface area contributed by atoms with Crippen LogP contribution in [0.2, 0.25) is 0 Å². The van der Waals surface area contributed by atoms with Gasteiger partial charge in [0.05, 0.1) is 45.6 Å². The second-order valence-corrected chi connectivity index (χ2v) is 4.21. The largest absolute Gasteiger partial charge is 0.335 e. The molecule has 0 unspecified atom stereocenters. The highest BCUT2D eigenvalue weighted by atomic mass is 127. The van der Waals surface area contributed by atoms with Crippen LogP contribution in [0.3, 0.4) is 0 Å². The van der Waals surface area contributed by atoms with Crippen molar-refractivity contribution in [2.24, 2.45) is 0 Å². The van der Waals surface area contributed by atoms with Crippen LogP contribution in [-0.2, 0) is 0 Å². The van der Waals surface area contributed by atoms with Crippen molar-refractivity contribution >= 4 is 44.8 Å². The molecule has 1 aromatic carbocycles. The van der Waals surface area contributed by atoms with Crippen molar-refractivity contribution < 1.29 is 0 Å². The molecule has 0 atom stereocenters. The first-order valence-corrected chi connectivity index (χ1v) is 5.38. The fourth-order valence-electron chi connectivity index (χ4n) is 1.68. The average Bonchev–Trinajstić information content (AvgIpc) is 2.56. The number of nitrogens with one attached hydrogen (secondary N) is 1. The van der Waals surface area contributed by atoms with Gasteiger partial charge in [0.1, 0.15) is 0 Å². The fourth-order valence-corrected chi connectivity index (χ4v) is 2.16. The zero-order valence-corrected chi connectivity index (χ0v) is 9.72. The summed E-state index contributed by atoms with van der Waals surface area (Å²) < 4.78 is 1.53. The van der Waals surface area contributed by atoms with E-state index in [1.54, 1.807) is 6.20 Å². The first kappa shape index (κ1) is 8.90. The smallest absolute Gasteiger partial charge is 0.304 e. The number of aromatic amines is 1. The fraction of sp³-hybridized carbons (Fsp3) is 0. The molecule has 15 heavy (non-hydrogen) atoms. The van der Waals surface area contributed by atoms with Gasteiger partial charge in [0.2, 0.25) is 0 Å². The van der Waals surface area contributed by atoms with Crippen molar-refractivity contribution in [2.75, 3.05) is 0 Å². The van der Waals surface area contributed by atoms with Gasteiger partial charge < -0.3 is 4.98 Å². The third-order valence-corrected chi connectivity index (χ3v) is 3.34. The van der Waals surface area contributed by atoms with Crippen molar-refractivity contribution in [2.45, 2.75) is 0 Å². The van der Waals surface area contributed by atoms with Gasteiger partial charge in [0.25, 0.3) is 0 Å². The van der Waals surface area contributed by atoms with E-state index in [1.807, 2.05) is 47.1 Å². The maximum atomic E-state index is 11.5. The minimum absolute atomic E-state index is 0.122. The highest BCUT2D eigenvalue weighted by molar-refractivity contribution is 14.1. The van der Waals surface area contributed by atoms with Crippen molar-refractivity contribution in [1.29, 1.82) is 0 Å². The molecule has 2 aromatic heterocycles. The summed E-state index contributed by atoms with van der Waals surface area (Å²) in [5.74, 6) is 0. The maximum Gasteiger partial charge on any atom is 0.335 e. The lowest BCUT2D eigenvalue weighted by Gasteiger charge is -1.97. The normalized spacial score (nSPS) is 11.3. The quantitative estimate of drug-likeness (QED) is 0.646. The number of hydrogen-bond donors (Lipinski definition) is 1. The van der Waals surface area contributed by atoms with Gasteiger partial charge in [-0.1, -0.05) is 18.2 Å². The number of para-hydroxylation sites is 1. The van der Waals surface area contributed by atoms with E-state index in [-0.39, 0.29) is 5.69 Å². The van der Waals surface area contributed by atoms with E-state index in [9.17, 15) is 4.79 Å². The molecule has 1 N–H and O–H groups in total. The van der Waals surface area contributed by atoms with Crippen LogP contribution in [0.1, 0.15) is 0 Å². The molecule has 0 amide bonds. The maximum absolute atomic E-state index is 11.5. The predicted octanol–water partition coefficient (Wildman–Crippen LogP) is 2.08. The van der Waals surface area contributed by atoms with E-state index in [2.05, 4.69) is 9.97 Å². The van der Waals surface area contributed by atoms with E-state index in [4.69, 9.17) is 0 Å². The van der Waals surface area contributed by atoms with Crippen LogP contribution >= 0.6 is 22.9 Å². The first-order chi connectivity index (χ1) is 7.27. The van der Waals surface area contributed by atoms with E-state index >= 15 is 0 Å². The van der Waals surface area contributed by atoms with Crippen LogP contribution in [0.25, 0.3) is 21.9 Å². The molecule has 74 valence electrons. The molecule has 0 spiro atoms. The summed E-state index contributed by atoms with van der Waals surface area (Å²) in [4.78, 5) is 18.6. The van der Waals surface area contributed by atoms with Gasteiger partial charge in [-0.25, -0.2) is 7.58 Å². The number of halogens is 1. The molecular formula is C10H6IN3O. The first-order valence-electron chi connectivity index (χ1n) is 4.42. The molecule has 0 aliphatic heterocycles. The van der Waals surface area contributed by atoms with Gasteiger partial charge in [-0.15, -0.1) is 0 Å². The Hall–Kier alpha value is -1.37. The standard InChI is InChI=1S/C10H6IN3O/c11-14-8-5-12-7-4-2-1-3-6(7)9(8)13-10(14)15/h1-5H,(H,13,15). The number of hydrogen-bond acceptors (Lipinski definition) is 2. The molecule has 3 aromatic rings. The summed E-state index contributed by atoms with van der Waals surface area (Å²) in [6, 6.07) is 7.75. The van der Waals surface area contributed by atoms with Gasteiger partial charge in [0.15, 0.2) is 0 Å². The molecule has 2 heterocycles.